The number of carbonyl (C=O) groups is 2. The molecule has 0 unspecified atom stereocenters. The number of esters is 1. The molecule has 0 spiro atoms. The van der Waals surface area contributed by atoms with Crippen molar-refractivity contribution in [2.45, 2.75) is 31.7 Å². The van der Waals surface area contributed by atoms with Crippen molar-refractivity contribution >= 4 is 34.9 Å². The number of carbonyl (C=O) groups excluding carboxylic acids is 2. The van der Waals surface area contributed by atoms with Crippen molar-refractivity contribution < 1.29 is 14.3 Å². The third-order valence-electron chi connectivity index (χ3n) is 4.15. The summed E-state index contributed by atoms with van der Waals surface area (Å²) in [6.45, 7) is 0.778. The Morgan fingerprint density at radius 3 is 2.48 bits per heavy atom. The average molecular weight is 428 g/mol. The van der Waals surface area contributed by atoms with Gasteiger partial charge in [0.25, 0.3) is 0 Å². The number of rotatable bonds is 11. The first-order chi connectivity index (χ1) is 14.9. The topological polar surface area (TPSA) is 197 Å². The molecule has 0 aliphatic heterocycles. The number of benzene rings is 1. The third-order valence-corrected chi connectivity index (χ3v) is 4.15. The first-order valence-corrected chi connectivity index (χ1v) is 9.89. The number of aromatic nitrogens is 1. The van der Waals surface area contributed by atoms with Crippen LogP contribution in [0.2, 0.25) is 0 Å². The molecule has 9 N–H and O–H groups in total. The second-order valence-electron chi connectivity index (χ2n) is 6.67. The number of ether oxygens (including phenoxy) is 1. The average Bonchev–Trinajstić information content (AvgIpc) is 2.74. The number of azo groups is 1. The predicted octanol–water partition coefficient (Wildman–Crippen LogP) is 1.73. The lowest BCUT2D eigenvalue weighted by Crippen LogP contribution is -2.34. The van der Waals surface area contributed by atoms with Gasteiger partial charge in [-0.05, 0) is 43.7 Å². The van der Waals surface area contributed by atoms with Gasteiger partial charge in [-0.3, -0.25) is 4.79 Å². The van der Waals surface area contributed by atoms with E-state index in [1.165, 1.54) is 0 Å². The summed E-state index contributed by atoms with van der Waals surface area (Å²) in [7, 11) is 0. The van der Waals surface area contributed by atoms with E-state index in [-0.39, 0.29) is 41.9 Å². The molecule has 0 radical (unpaired) electrons. The van der Waals surface area contributed by atoms with Crippen molar-refractivity contribution in [2.24, 2.45) is 27.4 Å². The molecule has 0 aliphatic carbocycles. The molecule has 1 atom stereocenters. The summed E-state index contributed by atoms with van der Waals surface area (Å²) in [4.78, 5) is 27.9. The van der Waals surface area contributed by atoms with Crippen molar-refractivity contribution in [1.82, 2.24) is 4.98 Å². The highest BCUT2D eigenvalue weighted by Crippen LogP contribution is 2.30. The molecule has 0 fully saturated rings. The summed E-state index contributed by atoms with van der Waals surface area (Å²) in [5.41, 5.74) is 23.2. The summed E-state index contributed by atoms with van der Waals surface area (Å²) < 4.78 is 5.39. The van der Waals surface area contributed by atoms with Crippen molar-refractivity contribution in [1.29, 1.82) is 0 Å². The molecule has 1 aromatic carbocycles. The number of pyridine rings is 1. The van der Waals surface area contributed by atoms with Crippen LogP contribution >= 0.6 is 0 Å². The summed E-state index contributed by atoms with van der Waals surface area (Å²) >= 11 is 0. The monoisotopic (exact) mass is 428 g/mol. The largest absolute Gasteiger partial charge is 0.423 e. The van der Waals surface area contributed by atoms with Gasteiger partial charge in [-0.15, -0.1) is 10.2 Å². The Bertz CT molecular complexity index is 919. The standard InChI is InChI=1S/C20H28N8O3/c21-11-4-3-5-13(23)20(30)31-16-7-2-1-6-14(16)27-28-15-8-9-17(26-19(15)24)25-18(29)10-12-22/h1-2,6-9,13H,3-5,10-12,21-23H2,(H3,24,25,26,29)/t13-/m0/s1. The number of para-hydroxylation sites is 1. The lowest BCUT2D eigenvalue weighted by molar-refractivity contribution is -0.136. The number of hydrogen-bond acceptors (Lipinski definition) is 10. The van der Waals surface area contributed by atoms with E-state index in [1.54, 1.807) is 36.4 Å². The van der Waals surface area contributed by atoms with Gasteiger partial charge >= 0.3 is 5.97 Å². The van der Waals surface area contributed by atoms with E-state index in [1.807, 2.05) is 0 Å². The Kier molecular flexibility index (Phi) is 9.49. The zero-order chi connectivity index (χ0) is 22.6. The fourth-order valence-corrected chi connectivity index (χ4v) is 2.50. The number of nitrogen functional groups attached to an aromatic ring is 1. The summed E-state index contributed by atoms with van der Waals surface area (Å²) in [5, 5.41) is 10.8. The number of anilines is 2. The minimum atomic E-state index is -0.751. The van der Waals surface area contributed by atoms with E-state index < -0.39 is 12.0 Å². The molecule has 0 saturated heterocycles. The molecular weight excluding hydrogens is 400 g/mol. The van der Waals surface area contributed by atoms with Gasteiger partial charge in [-0.1, -0.05) is 18.6 Å². The summed E-state index contributed by atoms with van der Waals surface area (Å²) in [6.07, 6.45) is 2.19. The summed E-state index contributed by atoms with van der Waals surface area (Å²) in [6, 6.07) is 9.02. The molecule has 1 heterocycles. The van der Waals surface area contributed by atoms with E-state index in [0.717, 1.165) is 12.8 Å². The van der Waals surface area contributed by atoms with Gasteiger partial charge in [0.05, 0.1) is 0 Å². The smallest absolute Gasteiger partial charge is 0.328 e. The van der Waals surface area contributed by atoms with Gasteiger partial charge in [-0.2, -0.15) is 0 Å². The first kappa shape index (κ1) is 23.9. The molecular formula is C20H28N8O3. The fraction of sp³-hybridized carbons (Fsp3) is 0.350. The molecule has 11 heteroatoms. The van der Waals surface area contributed by atoms with E-state index in [4.69, 9.17) is 27.7 Å². The Hall–Kier alpha value is -3.41. The molecule has 2 rings (SSSR count). The predicted molar refractivity (Wildman–Crippen MR) is 118 cm³/mol. The van der Waals surface area contributed by atoms with Crippen molar-refractivity contribution in [3.05, 3.63) is 36.4 Å². The number of hydrogen-bond donors (Lipinski definition) is 5. The number of nitrogens with two attached hydrogens (primary N) is 4. The SMILES string of the molecule is NCCCC[C@H](N)C(=O)Oc1ccccc1N=Nc1ccc(NC(=O)CCN)nc1N. The quantitative estimate of drug-likeness (QED) is 0.154. The number of unbranched alkanes of at least 4 members (excludes halogenated alkanes) is 1. The third kappa shape index (κ3) is 7.74. The van der Waals surface area contributed by atoms with Gasteiger partial charge in [-0.25, -0.2) is 9.78 Å². The molecule has 166 valence electrons. The normalized spacial score (nSPS) is 12.0. The van der Waals surface area contributed by atoms with Gasteiger partial charge in [0.15, 0.2) is 11.6 Å². The van der Waals surface area contributed by atoms with Crippen LogP contribution in [0.4, 0.5) is 23.0 Å². The Balaban J connectivity index is 2.08. The summed E-state index contributed by atoms with van der Waals surface area (Å²) in [5.74, 6) is -0.236. The molecule has 1 amide bonds. The van der Waals surface area contributed by atoms with Crippen LogP contribution in [-0.4, -0.2) is 36.0 Å². The highest BCUT2D eigenvalue weighted by Gasteiger charge is 2.17. The molecule has 31 heavy (non-hydrogen) atoms. The maximum absolute atomic E-state index is 12.2. The van der Waals surface area contributed by atoms with Crippen LogP contribution in [0, 0.1) is 0 Å². The van der Waals surface area contributed by atoms with Crippen LogP contribution in [-0.2, 0) is 9.59 Å². The fourth-order valence-electron chi connectivity index (χ4n) is 2.50. The van der Waals surface area contributed by atoms with Crippen molar-refractivity contribution in [2.75, 3.05) is 24.1 Å². The second kappa shape index (κ2) is 12.3. The first-order valence-electron chi connectivity index (χ1n) is 9.89. The van der Waals surface area contributed by atoms with Crippen LogP contribution in [0.1, 0.15) is 25.7 Å². The zero-order valence-corrected chi connectivity index (χ0v) is 17.2. The maximum atomic E-state index is 12.2. The lowest BCUT2D eigenvalue weighted by atomic mass is 10.1. The molecule has 1 aromatic heterocycles. The highest BCUT2D eigenvalue weighted by molar-refractivity contribution is 5.90. The molecule has 0 aliphatic rings. The minimum absolute atomic E-state index is 0.0747. The maximum Gasteiger partial charge on any atom is 0.328 e. The van der Waals surface area contributed by atoms with Gasteiger partial charge in [0.1, 0.15) is 23.2 Å². The minimum Gasteiger partial charge on any atom is -0.423 e. The van der Waals surface area contributed by atoms with Crippen LogP contribution in [0.3, 0.4) is 0 Å². The van der Waals surface area contributed by atoms with Gasteiger partial charge < -0.3 is 33.0 Å². The number of nitrogens with zero attached hydrogens (tertiary/aromatic N) is 3. The molecule has 0 saturated carbocycles. The Morgan fingerprint density at radius 2 is 1.77 bits per heavy atom. The molecule has 11 nitrogen and oxygen atoms in total. The molecule has 0 bridgehead atoms. The molecule has 2 aromatic rings. The zero-order valence-electron chi connectivity index (χ0n) is 17.2. The highest BCUT2D eigenvalue weighted by atomic mass is 16.5. The van der Waals surface area contributed by atoms with Gasteiger partial charge in [0, 0.05) is 13.0 Å². The van der Waals surface area contributed by atoms with E-state index >= 15 is 0 Å². The Morgan fingerprint density at radius 1 is 1.03 bits per heavy atom. The van der Waals surface area contributed by atoms with E-state index in [2.05, 4.69) is 20.5 Å². The van der Waals surface area contributed by atoms with Crippen LogP contribution in [0.25, 0.3) is 0 Å². The van der Waals surface area contributed by atoms with E-state index in [9.17, 15) is 9.59 Å². The van der Waals surface area contributed by atoms with E-state index in [0.29, 0.717) is 18.7 Å². The Labute approximate surface area is 180 Å². The number of amides is 1. The van der Waals surface area contributed by atoms with Gasteiger partial charge in [0.2, 0.25) is 5.91 Å². The lowest BCUT2D eigenvalue weighted by Gasteiger charge is -2.12. The second-order valence-corrected chi connectivity index (χ2v) is 6.67. The van der Waals surface area contributed by atoms with Crippen LogP contribution in [0.15, 0.2) is 46.6 Å². The van der Waals surface area contributed by atoms with Crippen LogP contribution < -0.4 is 33.0 Å². The van der Waals surface area contributed by atoms with Crippen LogP contribution in [0.5, 0.6) is 5.75 Å². The van der Waals surface area contributed by atoms with Crippen molar-refractivity contribution in [3.8, 4) is 5.75 Å². The number of nitrogens with one attached hydrogen (secondary N) is 1. The van der Waals surface area contributed by atoms with Crippen molar-refractivity contribution in [3.63, 3.8) is 0 Å².